The average Bonchev–Trinajstić information content (AvgIpc) is 2.63. The van der Waals surface area contributed by atoms with Gasteiger partial charge >= 0.3 is 0 Å². The van der Waals surface area contributed by atoms with E-state index < -0.39 is 0 Å². The molecule has 0 N–H and O–H groups in total. The Morgan fingerprint density at radius 1 is 1.04 bits per heavy atom. The van der Waals surface area contributed by atoms with E-state index in [2.05, 4.69) is 12.1 Å². The van der Waals surface area contributed by atoms with E-state index in [1.807, 2.05) is 18.2 Å². The van der Waals surface area contributed by atoms with Gasteiger partial charge in [0.25, 0.3) is 0 Å². The molecule has 4 nitrogen and oxygen atoms in total. The molecule has 0 spiro atoms. The maximum absolute atomic E-state index is 5.29. The van der Waals surface area contributed by atoms with E-state index >= 15 is 0 Å². The molecule has 3 rings (SSSR count). The van der Waals surface area contributed by atoms with E-state index in [-0.39, 0.29) is 6.29 Å². The molecule has 122 valence electrons. The van der Waals surface area contributed by atoms with Crippen molar-refractivity contribution in [2.75, 3.05) is 20.0 Å². The van der Waals surface area contributed by atoms with Crippen LogP contribution in [-0.4, -0.2) is 36.2 Å². The lowest BCUT2D eigenvalue weighted by Crippen LogP contribution is -2.17. The van der Waals surface area contributed by atoms with Crippen molar-refractivity contribution in [2.24, 2.45) is 0 Å². The second-order valence-corrected chi connectivity index (χ2v) is 6.57. The summed E-state index contributed by atoms with van der Waals surface area (Å²) in [5, 5.41) is 1.08. The summed E-state index contributed by atoms with van der Waals surface area (Å²) in [7, 11) is 3.33. The summed E-state index contributed by atoms with van der Waals surface area (Å²) in [4.78, 5) is 9.66. The molecule has 0 bridgehead atoms. The highest BCUT2D eigenvalue weighted by Crippen LogP contribution is 2.31. The lowest BCUT2D eigenvalue weighted by atomic mass is 9.97. The number of aryl methyl sites for hydroxylation is 1. The Morgan fingerprint density at radius 2 is 1.78 bits per heavy atom. The van der Waals surface area contributed by atoms with Gasteiger partial charge in [0.1, 0.15) is 5.03 Å². The van der Waals surface area contributed by atoms with E-state index in [1.54, 1.807) is 26.0 Å². The summed E-state index contributed by atoms with van der Waals surface area (Å²) in [5.74, 6) is 1.55. The van der Waals surface area contributed by atoms with Gasteiger partial charge in [-0.15, -0.1) is 11.8 Å². The first-order chi connectivity index (χ1) is 11.3. The zero-order chi connectivity index (χ0) is 16.1. The van der Waals surface area contributed by atoms with Crippen molar-refractivity contribution in [3.05, 3.63) is 41.6 Å². The maximum Gasteiger partial charge on any atom is 0.166 e. The molecule has 5 heteroatoms. The summed E-state index contributed by atoms with van der Waals surface area (Å²) >= 11 is 1.70. The lowest BCUT2D eigenvalue weighted by molar-refractivity contribution is -0.0842. The lowest BCUT2D eigenvalue weighted by Gasteiger charge is -2.20. The SMILES string of the molecule is COC(CSc1nc(-c2ccccc2)nc2c1CCCC2)OC. The normalized spacial score (nSPS) is 14.0. The smallest absolute Gasteiger partial charge is 0.166 e. The average molecular weight is 330 g/mol. The van der Waals surface area contributed by atoms with Crippen LogP contribution in [0.3, 0.4) is 0 Å². The fourth-order valence-electron chi connectivity index (χ4n) is 2.77. The van der Waals surface area contributed by atoms with Crippen molar-refractivity contribution in [2.45, 2.75) is 37.0 Å². The zero-order valence-electron chi connectivity index (χ0n) is 13.6. The first kappa shape index (κ1) is 16.4. The van der Waals surface area contributed by atoms with Gasteiger partial charge in [-0.25, -0.2) is 9.97 Å². The predicted molar refractivity (Wildman–Crippen MR) is 92.6 cm³/mol. The van der Waals surface area contributed by atoms with Crippen LogP contribution in [0.2, 0.25) is 0 Å². The molecule has 0 saturated carbocycles. The highest BCUT2D eigenvalue weighted by atomic mass is 32.2. The first-order valence-corrected chi connectivity index (χ1v) is 8.94. The number of ether oxygens (including phenoxy) is 2. The van der Waals surface area contributed by atoms with Crippen molar-refractivity contribution >= 4 is 11.8 Å². The Hall–Kier alpha value is -1.43. The summed E-state index contributed by atoms with van der Waals surface area (Å²) in [6, 6.07) is 10.2. The molecule has 1 aromatic heterocycles. The van der Waals surface area contributed by atoms with Gasteiger partial charge in [-0.1, -0.05) is 30.3 Å². The van der Waals surface area contributed by atoms with Crippen LogP contribution in [0.1, 0.15) is 24.1 Å². The van der Waals surface area contributed by atoms with Crippen LogP contribution < -0.4 is 0 Å². The van der Waals surface area contributed by atoms with Crippen LogP contribution in [0, 0.1) is 0 Å². The van der Waals surface area contributed by atoms with E-state index in [0.29, 0.717) is 0 Å². The van der Waals surface area contributed by atoms with Crippen LogP contribution in [0.25, 0.3) is 11.4 Å². The topological polar surface area (TPSA) is 44.2 Å². The number of methoxy groups -OCH3 is 2. The molecule has 1 heterocycles. The number of rotatable bonds is 6. The van der Waals surface area contributed by atoms with Crippen molar-refractivity contribution in [1.82, 2.24) is 9.97 Å². The number of benzene rings is 1. The Kier molecular flexibility index (Phi) is 5.65. The van der Waals surface area contributed by atoms with Gasteiger partial charge in [0, 0.05) is 31.0 Å². The van der Waals surface area contributed by atoms with Crippen molar-refractivity contribution in [1.29, 1.82) is 0 Å². The molecule has 0 aliphatic heterocycles. The third-order valence-electron chi connectivity index (χ3n) is 4.06. The minimum Gasteiger partial charge on any atom is -0.355 e. The summed E-state index contributed by atoms with van der Waals surface area (Å²) in [6.07, 6.45) is 4.32. The van der Waals surface area contributed by atoms with Gasteiger partial charge in [0.05, 0.1) is 5.75 Å². The molecule has 0 unspecified atom stereocenters. The minimum atomic E-state index is -0.214. The largest absolute Gasteiger partial charge is 0.355 e. The number of fused-ring (bicyclic) bond motifs is 1. The molecule has 23 heavy (non-hydrogen) atoms. The van der Waals surface area contributed by atoms with Crippen LogP contribution in [0.15, 0.2) is 35.4 Å². The quantitative estimate of drug-likeness (QED) is 0.459. The Morgan fingerprint density at radius 3 is 2.52 bits per heavy atom. The monoisotopic (exact) mass is 330 g/mol. The Balaban J connectivity index is 1.93. The van der Waals surface area contributed by atoms with Gasteiger partial charge in [-0.3, -0.25) is 0 Å². The molecule has 0 fully saturated rings. The molecule has 1 aromatic carbocycles. The second-order valence-electron chi connectivity index (χ2n) is 5.56. The van der Waals surface area contributed by atoms with Crippen LogP contribution in [-0.2, 0) is 22.3 Å². The molecular weight excluding hydrogens is 308 g/mol. The van der Waals surface area contributed by atoms with Gasteiger partial charge in [-0.05, 0) is 25.7 Å². The van der Waals surface area contributed by atoms with E-state index in [9.17, 15) is 0 Å². The maximum atomic E-state index is 5.29. The molecule has 0 amide bonds. The number of hydrogen-bond acceptors (Lipinski definition) is 5. The number of aromatic nitrogens is 2. The Labute approximate surface area is 141 Å². The number of hydrogen-bond donors (Lipinski definition) is 0. The van der Waals surface area contributed by atoms with Crippen LogP contribution >= 0.6 is 11.8 Å². The van der Waals surface area contributed by atoms with E-state index in [4.69, 9.17) is 19.4 Å². The summed E-state index contributed by atoms with van der Waals surface area (Å²) in [5.41, 5.74) is 3.59. The Bertz CT molecular complexity index is 645. The predicted octanol–water partition coefficient (Wildman–Crippen LogP) is 3.73. The molecule has 2 aromatic rings. The van der Waals surface area contributed by atoms with Crippen molar-refractivity contribution in [3.63, 3.8) is 0 Å². The fraction of sp³-hybridized carbons (Fsp3) is 0.444. The zero-order valence-corrected chi connectivity index (χ0v) is 14.4. The molecule has 0 radical (unpaired) electrons. The van der Waals surface area contributed by atoms with Gasteiger partial charge in [0.15, 0.2) is 12.1 Å². The van der Waals surface area contributed by atoms with Gasteiger partial charge in [-0.2, -0.15) is 0 Å². The highest BCUT2D eigenvalue weighted by Gasteiger charge is 2.19. The first-order valence-electron chi connectivity index (χ1n) is 7.95. The minimum absolute atomic E-state index is 0.214. The van der Waals surface area contributed by atoms with E-state index in [1.165, 1.54) is 24.1 Å². The van der Waals surface area contributed by atoms with Crippen LogP contribution in [0.5, 0.6) is 0 Å². The molecule has 0 saturated heterocycles. The second kappa shape index (κ2) is 7.90. The summed E-state index contributed by atoms with van der Waals surface area (Å²) < 4.78 is 10.6. The highest BCUT2D eigenvalue weighted by molar-refractivity contribution is 7.99. The third kappa shape index (κ3) is 3.91. The van der Waals surface area contributed by atoms with Crippen LogP contribution in [0.4, 0.5) is 0 Å². The standard InChI is InChI=1S/C18H22N2O2S/c1-21-16(22-2)12-23-18-14-10-6-7-11-15(14)19-17(20-18)13-8-4-3-5-9-13/h3-5,8-9,16H,6-7,10-12H2,1-2H3. The van der Waals surface area contributed by atoms with Crippen molar-refractivity contribution < 1.29 is 9.47 Å². The molecule has 0 atom stereocenters. The summed E-state index contributed by atoms with van der Waals surface area (Å²) in [6.45, 7) is 0. The molecule has 1 aliphatic carbocycles. The van der Waals surface area contributed by atoms with Crippen molar-refractivity contribution in [3.8, 4) is 11.4 Å². The number of nitrogens with zero attached hydrogens (tertiary/aromatic N) is 2. The molecule has 1 aliphatic rings. The molecular formula is C18H22N2O2S. The fourth-order valence-corrected chi connectivity index (χ4v) is 3.89. The third-order valence-corrected chi connectivity index (χ3v) is 5.11. The van der Waals surface area contributed by atoms with Gasteiger partial charge < -0.3 is 9.47 Å². The van der Waals surface area contributed by atoms with Gasteiger partial charge in [0.2, 0.25) is 0 Å². The number of thioether (sulfide) groups is 1. The van der Waals surface area contributed by atoms with E-state index in [0.717, 1.165) is 35.0 Å².